The number of hydrogen-bond donors (Lipinski definition) is 2. The molecular formula is C17H12FN3O2Se. The van der Waals surface area contributed by atoms with Gasteiger partial charge in [-0.3, -0.25) is 0 Å². The van der Waals surface area contributed by atoms with Crippen LogP contribution in [0.15, 0.2) is 60.8 Å². The van der Waals surface area contributed by atoms with Crippen molar-refractivity contribution in [2.75, 3.05) is 10.6 Å². The van der Waals surface area contributed by atoms with E-state index < -0.39 is 20.3 Å². The molecule has 0 saturated carbocycles. The van der Waals surface area contributed by atoms with Gasteiger partial charge in [-0.25, -0.2) is 0 Å². The average Bonchev–Trinajstić information content (AvgIpc) is 3.04. The van der Waals surface area contributed by atoms with Crippen LogP contribution in [0.3, 0.4) is 0 Å². The molecule has 0 aliphatic carbocycles. The summed E-state index contributed by atoms with van der Waals surface area (Å²) in [6.07, 6.45) is 1.43. The van der Waals surface area contributed by atoms with Crippen LogP contribution in [-0.4, -0.2) is 31.3 Å². The predicted molar refractivity (Wildman–Crippen MR) is 89.9 cm³/mol. The predicted octanol–water partition coefficient (Wildman–Crippen LogP) is 2.78. The van der Waals surface area contributed by atoms with E-state index in [1.54, 1.807) is 30.3 Å². The van der Waals surface area contributed by atoms with E-state index in [0.29, 0.717) is 20.4 Å². The zero-order valence-corrected chi connectivity index (χ0v) is 14.0. The maximum absolute atomic E-state index is 13.1. The minimum atomic E-state index is -0.425. The van der Waals surface area contributed by atoms with Crippen LogP contribution in [-0.2, 0) is 0 Å². The van der Waals surface area contributed by atoms with Gasteiger partial charge in [-0.2, -0.15) is 0 Å². The number of amides is 2. The standard InChI is InChI=1S/C17H12FN3O2Se/c18-12-7-4-8-13(9-12)20-16(23)14-10-19-17(24-14)21-15(22)11-5-2-1-3-6-11/h1-10H,(H,20,23)(H,19,21,22). The monoisotopic (exact) mass is 389 g/mol. The molecule has 120 valence electrons. The first-order chi connectivity index (χ1) is 11.6. The zero-order chi connectivity index (χ0) is 16.9. The van der Waals surface area contributed by atoms with Crippen molar-refractivity contribution in [2.45, 2.75) is 0 Å². The number of halogens is 1. The van der Waals surface area contributed by atoms with Gasteiger partial charge in [0.15, 0.2) is 0 Å². The van der Waals surface area contributed by atoms with Gasteiger partial charge in [0.1, 0.15) is 0 Å². The van der Waals surface area contributed by atoms with E-state index >= 15 is 0 Å². The van der Waals surface area contributed by atoms with Crippen molar-refractivity contribution in [2.24, 2.45) is 0 Å². The van der Waals surface area contributed by atoms with Gasteiger partial charge in [0, 0.05) is 0 Å². The SMILES string of the molecule is O=C(Nc1ncc(C(=O)Nc2cccc(F)c2)[se]1)c1ccccc1. The van der Waals surface area contributed by atoms with Crippen molar-refractivity contribution in [1.29, 1.82) is 0 Å². The molecule has 24 heavy (non-hydrogen) atoms. The minimum absolute atomic E-state index is 0.267. The summed E-state index contributed by atoms with van der Waals surface area (Å²) in [5.74, 6) is -1.05. The Balaban J connectivity index is 1.67. The van der Waals surface area contributed by atoms with Crippen molar-refractivity contribution >= 4 is 36.7 Å². The second kappa shape index (κ2) is 7.21. The summed E-state index contributed by atoms with van der Waals surface area (Å²) in [6.45, 7) is 0. The topological polar surface area (TPSA) is 71.1 Å². The van der Waals surface area contributed by atoms with Gasteiger partial charge in [-0.1, -0.05) is 0 Å². The summed E-state index contributed by atoms with van der Waals surface area (Å²) in [5, 5.41) is 5.31. The van der Waals surface area contributed by atoms with Crippen LogP contribution in [0.2, 0.25) is 0 Å². The van der Waals surface area contributed by atoms with Crippen LogP contribution in [0.25, 0.3) is 0 Å². The fraction of sp³-hybridized carbons (Fsp3) is 0. The van der Waals surface area contributed by atoms with Gasteiger partial charge >= 0.3 is 143 Å². The van der Waals surface area contributed by atoms with Crippen LogP contribution in [0, 0.1) is 5.82 Å². The van der Waals surface area contributed by atoms with Gasteiger partial charge in [-0.05, 0) is 0 Å². The number of rotatable bonds is 4. The Morgan fingerprint density at radius 3 is 2.50 bits per heavy atom. The van der Waals surface area contributed by atoms with Crippen molar-refractivity contribution in [3.63, 3.8) is 0 Å². The molecule has 0 aliphatic heterocycles. The molecule has 7 heteroatoms. The van der Waals surface area contributed by atoms with E-state index in [0.717, 1.165) is 0 Å². The fourth-order valence-electron chi connectivity index (χ4n) is 1.95. The molecule has 2 N–H and O–H groups in total. The Bertz CT molecular complexity index is 880. The van der Waals surface area contributed by atoms with Crippen molar-refractivity contribution in [3.8, 4) is 0 Å². The first kappa shape index (κ1) is 16.1. The second-order valence-electron chi connectivity index (χ2n) is 4.81. The van der Waals surface area contributed by atoms with E-state index in [-0.39, 0.29) is 11.8 Å². The number of carbonyl (C=O) groups excluding carboxylic acids is 2. The molecule has 2 aromatic carbocycles. The summed E-state index contributed by atoms with van der Waals surface area (Å²) < 4.78 is 14.0. The number of carbonyl (C=O) groups is 2. The van der Waals surface area contributed by atoms with Gasteiger partial charge in [0.05, 0.1) is 0 Å². The normalized spacial score (nSPS) is 10.2. The Morgan fingerprint density at radius 2 is 1.75 bits per heavy atom. The van der Waals surface area contributed by atoms with Gasteiger partial charge in [0.2, 0.25) is 0 Å². The molecule has 0 aliphatic rings. The Labute approximate surface area is 143 Å². The Morgan fingerprint density at radius 1 is 0.958 bits per heavy atom. The second-order valence-corrected chi connectivity index (χ2v) is 6.98. The van der Waals surface area contributed by atoms with Crippen molar-refractivity contribution < 1.29 is 14.0 Å². The third-order valence-corrected chi connectivity index (χ3v) is 4.98. The van der Waals surface area contributed by atoms with Crippen LogP contribution >= 0.6 is 0 Å². The molecule has 1 heterocycles. The first-order valence-electron chi connectivity index (χ1n) is 7.01. The first-order valence-corrected chi connectivity index (χ1v) is 8.72. The molecule has 3 rings (SSSR count). The van der Waals surface area contributed by atoms with Crippen LogP contribution in [0.1, 0.15) is 19.6 Å². The number of hydrogen-bond acceptors (Lipinski definition) is 3. The number of benzene rings is 2. The molecule has 2 amide bonds. The molecular weight excluding hydrogens is 376 g/mol. The number of aromatic nitrogens is 1. The molecule has 0 saturated heterocycles. The Kier molecular flexibility index (Phi) is 4.84. The summed E-state index contributed by atoms with van der Waals surface area (Å²) in [5.41, 5.74) is 0.895. The molecule has 0 radical (unpaired) electrons. The fourth-order valence-corrected chi connectivity index (χ4v) is 3.44. The Hall–Kier alpha value is -2.76. The van der Waals surface area contributed by atoms with E-state index in [1.165, 1.54) is 24.4 Å². The summed E-state index contributed by atoms with van der Waals surface area (Å²) in [7, 11) is 0. The van der Waals surface area contributed by atoms with Crippen molar-refractivity contribution in [1.82, 2.24) is 4.98 Å². The number of nitrogens with one attached hydrogen (secondary N) is 2. The maximum atomic E-state index is 13.1. The zero-order valence-electron chi connectivity index (χ0n) is 12.3. The molecule has 3 aromatic rings. The molecule has 0 unspecified atom stereocenters. The molecule has 0 atom stereocenters. The molecule has 1 aromatic heterocycles. The van der Waals surface area contributed by atoms with Crippen LogP contribution in [0.5, 0.6) is 0 Å². The summed E-state index contributed by atoms with van der Waals surface area (Å²) in [6, 6.07) is 14.4. The third kappa shape index (κ3) is 3.95. The van der Waals surface area contributed by atoms with Crippen molar-refractivity contribution in [3.05, 3.63) is 76.6 Å². The van der Waals surface area contributed by atoms with Gasteiger partial charge in [-0.15, -0.1) is 0 Å². The molecule has 0 bridgehead atoms. The van der Waals surface area contributed by atoms with Gasteiger partial charge < -0.3 is 0 Å². The molecule has 0 fully saturated rings. The van der Waals surface area contributed by atoms with Crippen LogP contribution < -0.4 is 10.6 Å². The van der Waals surface area contributed by atoms with E-state index in [9.17, 15) is 14.0 Å². The van der Waals surface area contributed by atoms with Gasteiger partial charge in [0.25, 0.3) is 0 Å². The van der Waals surface area contributed by atoms with E-state index in [2.05, 4.69) is 15.6 Å². The number of nitrogens with zero attached hydrogens (tertiary/aromatic N) is 1. The number of anilines is 2. The third-order valence-electron chi connectivity index (χ3n) is 3.07. The summed E-state index contributed by atoms with van der Waals surface area (Å²) >= 11 is -0.415. The van der Waals surface area contributed by atoms with E-state index in [1.807, 2.05) is 6.07 Å². The quantitative estimate of drug-likeness (QED) is 0.676. The molecule has 5 nitrogen and oxygen atoms in total. The van der Waals surface area contributed by atoms with E-state index in [4.69, 9.17) is 0 Å². The average molecular weight is 388 g/mol. The molecule has 0 spiro atoms. The van der Waals surface area contributed by atoms with Crippen LogP contribution in [0.4, 0.5) is 14.8 Å². The summed E-state index contributed by atoms with van der Waals surface area (Å²) in [4.78, 5) is 28.3.